The average Bonchev–Trinajstić information content (AvgIpc) is 2.86. The molecule has 2 aromatic carbocycles. The number of hydrogen-bond donors (Lipinski definition) is 0. The lowest BCUT2D eigenvalue weighted by Crippen LogP contribution is -2.50. The zero-order valence-corrected chi connectivity index (χ0v) is 21.4. The smallest absolute Gasteiger partial charge is 0.410 e. The zero-order chi connectivity index (χ0) is 25.7. The van der Waals surface area contributed by atoms with Gasteiger partial charge in [-0.3, -0.25) is 0 Å². The Balaban J connectivity index is 1.64. The predicted octanol–water partition coefficient (Wildman–Crippen LogP) is 5.07. The topological polar surface area (TPSA) is 72.0 Å². The Labute approximate surface area is 212 Å². The second-order valence-corrected chi connectivity index (χ2v) is 9.90. The van der Waals surface area contributed by atoms with Crippen LogP contribution in [0, 0.1) is 0 Å². The molecule has 3 aromatic rings. The highest BCUT2D eigenvalue weighted by atomic mass is 16.6. The van der Waals surface area contributed by atoms with E-state index in [4.69, 9.17) is 14.5 Å². The quantitative estimate of drug-likeness (QED) is 0.370. The maximum Gasteiger partial charge on any atom is 0.410 e. The summed E-state index contributed by atoms with van der Waals surface area (Å²) in [6, 6.07) is 18.7. The lowest BCUT2D eigenvalue weighted by molar-refractivity contribution is -0.134. The molecule has 2 heterocycles. The molecule has 1 amide bonds. The van der Waals surface area contributed by atoms with Crippen molar-refractivity contribution in [2.24, 2.45) is 0 Å². The molecule has 0 unspecified atom stereocenters. The normalized spacial score (nSPS) is 14.3. The molecule has 0 bridgehead atoms. The highest BCUT2D eigenvalue weighted by molar-refractivity contribution is 5.93. The van der Waals surface area contributed by atoms with Crippen molar-refractivity contribution in [2.75, 3.05) is 38.2 Å². The fraction of sp³-hybridized carbons (Fsp3) is 0.345. The molecule has 1 saturated heterocycles. The van der Waals surface area contributed by atoms with Crippen molar-refractivity contribution in [3.8, 4) is 0 Å². The highest BCUT2D eigenvalue weighted by Gasteiger charge is 2.27. The molecule has 7 heteroatoms. The minimum Gasteiger partial charge on any atom is -0.466 e. The molecule has 1 fully saturated rings. The number of fused-ring (bicyclic) bond motifs is 1. The van der Waals surface area contributed by atoms with Crippen LogP contribution in [0.25, 0.3) is 17.0 Å². The Morgan fingerprint density at radius 2 is 1.69 bits per heavy atom. The number of carbonyl (C=O) groups is 2. The van der Waals surface area contributed by atoms with E-state index in [9.17, 15) is 9.59 Å². The van der Waals surface area contributed by atoms with Gasteiger partial charge < -0.3 is 19.3 Å². The summed E-state index contributed by atoms with van der Waals surface area (Å²) in [5, 5.41) is 1.03. The number of esters is 1. The summed E-state index contributed by atoms with van der Waals surface area (Å²) in [6.07, 6.45) is 3.56. The van der Waals surface area contributed by atoms with Crippen molar-refractivity contribution in [1.82, 2.24) is 9.88 Å². The minimum absolute atomic E-state index is 0.279. The Hall–Kier alpha value is -3.87. The van der Waals surface area contributed by atoms with E-state index in [2.05, 4.69) is 41.3 Å². The Bertz CT molecular complexity index is 1260. The van der Waals surface area contributed by atoms with E-state index in [1.54, 1.807) is 11.0 Å². The zero-order valence-electron chi connectivity index (χ0n) is 21.4. The first kappa shape index (κ1) is 25.2. The summed E-state index contributed by atoms with van der Waals surface area (Å²) in [7, 11) is 1.35. The van der Waals surface area contributed by atoms with Gasteiger partial charge in [-0.05, 0) is 62.6 Å². The molecule has 4 rings (SSSR count). The van der Waals surface area contributed by atoms with Crippen molar-refractivity contribution in [3.05, 3.63) is 77.5 Å². The van der Waals surface area contributed by atoms with Crippen molar-refractivity contribution in [3.63, 3.8) is 0 Å². The van der Waals surface area contributed by atoms with Crippen LogP contribution >= 0.6 is 0 Å². The SMILES string of the molecule is COC(=O)C=Cc1ccc2cc(Cc3ccccc3)cc(N3CCN(C(=O)OC(C)(C)C)CC3)c2n1. The third kappa shape index (κ3) is 6.42. The van der Waals surface area contributed by atoms with Gasteiger partial charge in [-0.1, -0.05) is 36.4 Å². The third-order valence-corrected chi connectivity index (χ3v) is 5.97. The van der Waals surface area contributed by atoms with E-state index in [0.29, 0.717) is 31.9 Å². The van der Waals surface area contributed by atoms with E-state index < -0.39 is 11.6 Å². The van der Waals surface area contributed by atoms with Gasteiger partial charge in [0.05, 0.1) is 24.0 Å². The van der Waals surface area contributed by atoms with Gasteiger partial charge in [-0.15, -0.1) is 0 Å². The van der Waals surface area contributed by atoms with E-state index in [1.165, 1.54) is 24.3 Å². The van der Waals surface area contributed by atoms with E-state index in [-0.39, 0.29) is 6.09 Å². The number of aromatic nitrogens is 1. The molecule has 1 aliphatic rings. The summed E-state index contributed by atoms with van der Waals surface area (Å²) in [4.78, 5) is 33.0. The summed E-state index contributed by atoms with van der Waals surface area (Å²) in [5.74, 6) is -0.423. The number of pyridine rings is 1. The summed E-state index contributed by atoms with van der Waals surface area (Å²) in [6.45, 7) is 8.12. The van der Waals surface area contributed by atoms with Crippen molar-refractivity contribution >= 4 is 34.7 Å². The predicted molar refractivity (Wildman–Crippen MR) is 142 cm³/mol. The standard InChI is InChI=1S/C29H33N3O4/c1-29(2,3)36-28(34)32-16-14-31(15-17-32)25-20-22(18-21-8-6-5-7-9-21)19-23-10-11-24(30-27(23)25)12-13-26(33)35-4/h5-13,19-20H,14-18H2,1-4H3. The second-order valence-electron chi connectivity index (χ2n) is 9.90. The number of hydrogen-bond acceptors (Lipinski definition) is 6. The third-order valence-electron chi connectivity index (χ3n) is 5.97. The molecule has 0 N–H and O–H groups in total. The monoisotopic (exact) mass is 487 g/mol. The van der Waals surface area contributed by atoms with Gasteiger partial charge in [0.15, 0.2) is 0 Å². The number of methoxy groups -OCH3 is 1. The fourth-order valence-corrected chi connectivity index (χ4v) is 4.24. The summed E-state index contributed by atoms with van der Waals surface area (Å²) < 4.78 is 10.3. The van der Waals surface area contributed by atoms with Gasteiger partial charge in [0, 0.05) is 37.6 Å². The van der Waals surface area contributed by atoms with Crippen LogP contribution in [0.1, 0.15) is 37.6 Å². The molecule has 36 heavy (non-hydrogen) atoms. The van der Waals surface area contributed by atoms with E-state index >= 15 is 0 Å². The fourth-order valence-electron chi connectivity index (χ4n) is 4.24. The molecule has 7 nitrogen and oxygen atoms in total. The number of carbonyl (C=O) groups excluding carboxylic acids is 2. The largest absolute Gasteiger partial charge is 0.466 e. The first-order valence-corrected chi connectivity index (χ1v) is 12.2. The molecule has 0 spiro atoms. The van der Waals surface area contributed by atoms with Crippen LogP contribution in [0.2, 0.25) is 0 Å². The van der Waals surface area contributed by atoms with Crippen LogP contribution in [0.3, 0.4) is 0 Å². The van der Waals surface area contributed by atoms with Crippen LogP contribution in [0.4, 0.5) is 10.5 Å². The average molecular weight is 488 g/mol. The highest BCUT2D eigenvalue weighted by Crippen LogP contribution is 2.30. The van der Waals surface area contributed by atoms with Gasteiger partial charge in [-0.2, -0.15) is 0 Å². The molecule has 1 aromatic heterocycles. The number of benzene rings is 2. The maximum atomic E-state index is 12.6. The molecule has 0 radical (unpaired) electrons. The van der Waals surface area contributed by atoms with Crippen molar-refractivity contribution in [1.29, 1.82) is 0 Å². The van der Waals surface area contributed by atoms with Gasteiger partial charge in [0.1, 0.15) is 5.60 Å². The van der Waals surface area contributed by atoms with Gasteiger partial charge in [0.2, 0.25) is 0 Å². The Kier molecular flexibility index (Phi) is 7.58. The minimum atomic E-state index is -0.520. The number of amides is 1. The molecule has 0 aliphatic carbocycles. The first-order chi connectivity index (χ1) is 17.2. The number of ether oxygens (including phenoxy) is 2. The Morgan fingerprint density at radius 1 is 0.972 bits per heavy atom. The second kappa shape index (κ2) is 10.8. The number of nitrogens with zero attached hydrogens (tertiary/aromatic N) is 3. The molecular formula is C29H33N3O4. The van der Waals surface area contributed by atoms with Crippen LogP contribution in [-0.2, 0) is 20.7 Å². The molecular weight excluding hydrogens is 454 g/mol. The van der Waals surface area contributed by atoms with Gasteiger partial charge >= 0.3 is 12.1 Å². The lowest BCUT2D eigenvalue weighted by Gasteiger charge is -2.37. The molecule has 1 aliphatic heterocycles. The lowest BCUT2D eigenvalue weighted by atomic mass is 10.0. The summed E-state index contributed by atoms with van der Waals surface area (Å²) >= 11 is 0. The van der Waals surface area contributed by atoms with Crippen LogP contribution in [-0.4, -0.2) is 60.8 Å². The number of rotatable bonds is 5. The molecule has 0 saturated carbocycles. The van der Waals surface area contributed by atoms with E-state index in [0.717, 1.165) is 23.0 Å². The molecule has 188 valence electrons. The van der Waals surface area contributed by atoms with Crippen molar-refractivity contribution in [2.45, 2.75) is 32.8 Å². The summed E-state index contributed by atoms with van der Waals surface area (Å²) in [5.41, 5.74) is 4.48. The van der Waals surface area contributed by atoms with Crippen LogP contribution in [0.15, 0.2) is 60.7 Å². The van der Waals surface area contributed by atoms with Crippen LogP contribution < -0.4 is 4.90 Å². The van der Waals surface area contributed by atoms with Crippen LogP contribution in [0.5, 0.6) is 0 Å². The first-order valence-electron chi connectivity index (χ1n) is 12.2. The molecule has 0 atom stereocenters. The van der Waals surface area contributed by atoms with Crippen molar-refractivity contribution < 1.29 is 19.1 Å². The maximum absolute atomic E-state index is 12.6. The van der Waals surface area contributed by atoms with E-state index in [1.807, 2.05) is 39.0 Å². The van der Waals surface area contributed by atoms with Gasteiger partial charge in [-0.25, -0.2) is 14.6 Å². The van der Waals surface area contributed by atoms with Gasteiger partial charge in [0.25, 0.3) is 0 Å². The Morgan fingerprint density at radius 3 is 2.36 bits per heavy atom. The number of anilines is 1. The number of piperazine rings is 1.